The van der Waals surface area contributed by atoms with Crippen LogP contribution in [0.1, 0.15) is 5.56 Å². The maximum absolute atomic E-state index is 6.14. The molecule has 0 fully saturated rings. The first-order valence-electron chi connectivity index (χ1n) is 7.16. The molecule has 0 unspecified atom stereocenters. The molecule has 0 aliphatic heterocycles. The highest BCUT2D eigenvalue weighted by atomic mass is 35.5. The minimum absolute atomic E-state index is 0.427. The van der Waals surface area contributed by atoms with E-state index < -0.39 is 0 Å². The zero-order valence-corrected chi connectivity index (χ0v) is 13.6. The summed E-state index contributed by atoms with van der Waals surface area (Å²) in [5.41, 5.74) is 2.83. The Balaban J connectivity index is 1.87. The summed E-state index contributed by atoms with van der Waals surface area (Å²) in [7, 11) is 1.94. The molecule has 0 saturated heterocycles. The summed E-state index contributed by atoms with van der Waals surface area (Å²) in [6.45, 7) is 1.94. The maximum atomic E-state index is 6.14. The van der Waals surface area contributed by atoms with Gasteiger partial charge < -0.3 is 10.2 Å². The highest BCUT2D eigenvalue weighted by molar-refractivity contribution is 6.31. The molecule has 2 aromatic carbocycles. The average molecular weight is 326 g/mol. The maximum Gasteiger partial charge on any atom is 0.249 e. The lowest BCUT2D eigenvalue weighted by Crippen LogP contribution is -2.13. The highest BCUT2D eigenvalue weighted by Crippen LogP contribution is 2.26. The van der Waals surface area contributed by atoms with Crippen molar-refractivity contribution in [3.8, 4) is 0 Å². The molecule has 0 radical (unpaired) electrons. The molecular weight excluding hydrogens is 310 g/mol. The summed E-state index contributed by atoms with van der Waals surface area (Å²) < 4.78 is 0. The van der Waals surface area contributed by atoms with E-state index >= 15 is 0 Å². The van der Waals surface area contributed by atoms with Crippen LogP contribution >= 0.6 is 11.6 Å². The zero-order chi connectivity index (χ0) is 16.2. The first-order valence-corrected chi connectivity index (χ1v) is 7.53. The van der Waals surface area contributed by atoms with Crippen molar-refractivity contribution in [2.45, 2.75) is 6.92 Å². The van der Waals surface area contributed by atoms with Crippen LogP contribution in [0.4, 0.5) is 23.1 Å². The molecular formula is C17H16ClN5. The van der Waals surface area contributed by atoms with Crippen molar-refractivity contribution in [1.82, 2.24) is 15.2 Å². The lowest BCUT2D eigenvalue weighted by molar-refractivity contribution is 0.956. The van der Waals surface area contributed by atoms with Crippen molar-refractivity contribution in [2.75, 3.05) is 17.3 Å². The van der Waals surface area contributed by atoms with Gasteiger partial charge in [-0.2, -0.15) is 10.1 Å². The van der Waals surface area contributed by atoms with Crippen LogP contribution in [-0.2, 0) is 0 Å². The third-order valence-electron chi connectivity index (χ3n) is 3.55. The fourth-order valence-electron chi connectivity index (χ4n) is 2.16. The number of para-hydroxylation sites is 1. The summed E-state index contributed by atoms with van der Waals surface area (Å²) in [6.07, 6.45) is 1.63. The van der Waals surface area contributed by atoms with Gasteiger partial charge in [0.15, 0.2) is 5.82 Å². The van der Waals surface area contributed by atoms with E-state index in [0.717, 1.165) is 16.9 Å². The molecule has 5 nitrogen and oxygen atoms in total. The van der Waals surface area contributed by atoms with Crippen molar-refractivity contribution >= 4 is 34.7 Å². The van der Waals surface area contributed by atoms with Gasteiger partial charge >= 0.3 is 0 Å². The molecule has 1 N–H and O–H groups in total. The Labute approximate surface area is 140 Å². The number of rotatable bonds is 4. The number of halogens is 1. The summed E-state index contributed by atoms with van der Waals surface area (Å²) in [4.78, 5) is 6.46. The van der Waals surface area contributed by atoms with Gasteiger partial charge in [-0.1, -0.05) is 35.9 Å². The Morgan fingerprint density at radius 1 is 1.04 bits per heavy atom. The van der Waals surface area contributed by atoms with Crippen LogP contribution in [-0.4, -0.2) is 22.2 Å². The standard InChI is InChI=1S/C17H16ClN5/c1-12-14(18)9-6-10-15(12)20-17-21-16(11-19-22-17)23(2)13-7-4-3-5-8-13/h3-11H,1-2H3,(H,20,21,22). The molecule has 0 atom stereocenters. The number of hydrogen-bond donors (Lipinski definition) is 1. The Kier molecular flexibility index (Phi) is 4.39. The monoisotopic (exact) mass is 325 g/mol. The van der Waals surface area contributed by atoms with Crippen LogP contribution in [0.25, 0.3) is 0 Å². The summed E-state index contributed by atoms with van der Waals surface area (Å²) >= 11 is 6.14. The molecule has 0 amide bonds. The van der Waals surface area contributed by atoms with Gasteiger partial charge in [0.2, 0.25) is 5.95 Å². The van der Waals surface area contributed by atoms with Crippen LogP contribution in [0, 0.1) is 6.92 Å². The van der Waals surface area contributed by atoms with Gasteiger partial charge in [0, 0.05) is 23.4 Å². The molecule has 0 bridgehead atoms. The third-order valence-corrected chi connectivity index (χ3v) is 3.96. The van der Waals surface area contributed by atoms with Crippen molar-refractivity contribution in [3.63, 3.8) is 0 Å². The summed E-state index contributed by atoms with van der Waals surface area (Å²) in [6, 6.07) is 15.6. The lowest BCUT2D eigenvalue weighted by atomic mass is 10.2. The van der Waals surface area contributed by atoms with E-state index in [9.17, 15) is 0 Å². The number of anilines is 4. The molecule has 116 valence electrons. The van der Waals surface area contributed by atoms with Crippen LogP contribution < -0.4 is 10.2 Å². The topological polar surface area (TPSA) is 53.9 Å². The second-order valence-corrected chi connectivity index (χ2v) is 5.48. The molecule has 0 aliphatic rings. The van der Waals surface area contributed by atoms with Gasteiger partial charge in [0.25, 0.3) is 0 Å². The third kappa shape index (κ3) is 3.40. The number of nitrogens with zero attached hydrogens (tertiary/aromatic N) is 4. The molecule has 1 aromatic heterocycles. The smallest absolute Gasteiger partial charge is 0.249 e. The van der Waals surface area contributed by atoms with Gasteiger partial charge in [0.05, 0.1) is 6.20 Å². The van der Waals surface area contributed by atoms with E-state index in [1.807, 2.05) is 67.4 Å². The largest absolute Gasteiger partial charge is 0.328 e. The van der Waals surface area contributed by atoms with Gasteiger partial charge in [0.1, 0.15) is 0 Å². The Bertz CT molecular complexity index is 807. The predicted molar refractivity (Wildman–Crippen MR) is 93.8 cm³/mol. The van der Waals surface area contributed by atoms with Gasteiger partial charge in [-0.05, 0) is 36.8 Å². The second-order valence-electron chi connectivity index (χ2n) is 5.07. The first kappa shape index (κ1) is 15.2. The predicted octanol–water partition coefficient (Wildman–Crippen LogP) is 4.34. The molecule has 3 aromatic rings. The van der Waals surface area contributed by atoms with Gasteiger partial charge in [-0.15, -0.1) is 5.10 Å². The van der Waals surface area contributed by atoms with E-state index in [0.29, 0.717) is 16.8 Å². The number of aromatic nitrogens is 3. The Hall–Kier alpha value is -2.66. The molecule has 1 heterocycles. The minimum atomic E-state index is 0.427. The normalized spacial score (nSPS) is 10.4. The molecule has 0 spiro atoms. The summed E-state index contributed by atoms with van der Waals surface area (Å²) in [5.74, 6) is 1.13. The molecule has 6 heteroatoms. The molecule has 23 heavy (non-hydrogen) atoms. The number of hydrogen-bond acceptors (Lipinski definition) is 5. The molecule has 3 rings (SSSR count). The van der Waals surface area contributed by atoms with Crippen LogP contribution in [0.2, 0.25) is 5.02 Å². The van der Waals surface area contributed by atoms with Crippen LogP contribution in [0.3, 0.4) is 0 Å². The lowest BCUT2D eigenvalue weighted by Gasteiger charge is -2.18. The highest BCUT2D eigenvalue weighted by Gasteiger charge is 2.09. The second kappa shape index (κ2) is 6.62. The van der Waals surface area contributed by atoms with Crippen LogP contribution in [0.15, 0.2) is 54.7 Å². The summed E-state index contributed by atoms with van der Waals surface area (Å²) in [5, 5.41) is 11.9. The Morgan fingerprint density at radius 3 is 2.61 bits per heavy atom. The van der Waals surface area contributed by atoms with Crippen molar-refractivity contribution in [2.24, 2.45) is 0 Å². The zero-order valence-electron chi connectivity index (χ0n) is 12.9. The fourth-order valence-corrected chi connectivity index (χ4v) is 2.33. The number of benzene rings is 2. The SMILES string of the molecule is Cc1c(Cl)cccc1Nc1nncc(N(C)c2ccccc2)n1. The van der Waals surface area contributed by atoms with E-state index in [2.05, 4.69) is 20.5 Å². The van der Waals surface area contributed by atoms with E-state index in [1.54, 1.807) is 6.20 Å². The van der Waals surface area contributed by atoms with Crippen molar-refractivity contribution in [3.05, 3.63) is 65.3 Å². The van der Waals surface area contributed by atoms with Gasteiger partial charge in [-0.3, -0.25) is 0 Å². The average Bonchev–Trinajstić information content (AvgIpc) is 2.59. The molecule has 0 aliphatic carbocycles. The van der Waals surface area contributed by atoms with E-state index in [-0.39, 0.29) is 0 Å². The minimum Gasteiger partial charge on any atom is -0.328 e. The number of nitrogens with one attached hydrogen (secondary N) is 1. The van der Waals surface area contributed by atoms with Crippen molar-refractivity contribution in [1.29, 1.82) is 0 Å². The molecule has 0 saturated carbocycles. The first-order chi connectivity index (χ1) is 11.1. The van der Waals surface area contributed by atoms with E-state index in [4.69, 9.17) is 11.6 Å². The van der Waals surface area contributed by atoms with Crippen molar-refractivity contribution < 1.29 is 0 Å². The quantitative estimate of drug-likeness (QED) is 0.773. The van der Waals surface area contributed by atoms with Gasteiger partial charge in [-0.25, -0.2) is 0 Å². The fraction of sp³-hybridized carbons (Fsp3) is 0.118. The van der Waals surface area contributed by atoms with E-state index in [1.165, 1.54) is 0 Å². The Morgan fingerprint density at radius 2 is 1.83 bits per heavy atom. The van der Waals surface area contributed by atoms with Crippen LogP contribution in [0.5, 0.6) is 0 Å².